The van der Waals surface area contributed by atoms with Gasteiger partial charge in [-0.2, -0.15) is 0 Å². The number of carbonyl (C=O) groups is 2. The van der Waals surface area contributed by atoms with Crippen molar-refractivity contribution in [1.29, 1.82) is 0 Å². The van der Waals surface area contributed by atoms with Crippen LogP contribution in [0.4, 0.5) is 0 Å². The quantitative estimate of drug-likeness (QED) is 0.843. The minimum atomic E-state index is -0.0913. The lowest BCUT2D eigenvalue weighted by molar-refractivity contribution is -0.135. The minimum absolute atomic E-state index is 0.00929. The van der Waals surface area contributed by atoms with Gasteiger partial charge in [0.05, 0.1) is 0 Å². The highest BCUT2D eigenvalue weighted by molar-refractivity contribution is 5.87. The molecule has 4 unspecified atom stereocenters. The highest BCUT2D eigenvalue weighted by Crippen LogP contribution is 2.41. The van der Waals surface area contributed by atoms with Gasteiger partial charge in [0.15, 0.2) is 5.78 Å². The molecule has 1 saturated carbocycles. The first-order valence-electron chi connectivity index (χ1n) is 7.14. The van der Waals surface area contributed by atoms with Crippen LogP contribution in [-0.4, -0.2) is 37.4 Å². The van der Waals surface area contributed by atoms with Gasteiger partial charge in [0, 0.05) is 37.5 Å². The summed E-state index contributed by atoms with van der Waals surface area (Å²) in [5.41, 5.74) is 0.0777. The summed E-state index contributed by atoms with van der Waals surface area (Å²) in [6, 6.07) is 0.364. The Morgan fingerprint density at radius 1 is 1.47 bits per heavy atom. The van der Waals surface area contributed by atoms with E-state index in [2.05, 4.69) is 19.2 Å². The van der Waals surface area contributed by atoms with Crippen LogP contribution in [0.3, 0.4) is 0 Å². The number of ketones is 2. The lowest BCUT2D eigenvalue weighted by Gasteiger charge is -2.47. The second-order valence-corrected chi connectivity index (χ2v) is 6.92. The number of carbonyl (C=O) groups excluding carboxylic acids is 2. The highest BCUT2D eigenvalue weighted by atomic mass is 16.5. The summed E-state index contributed by atoms with van der Waals surface area (Å²) in [5, 5.41) is 3.50. The molecule has 0 aromatic carbocycles. The molecule has 0 radical (unpaired) electrons. The molecule has 4 nitrogen and oxygen atoms in total. The smallest absolute Gasteiger partial charge is 0.163 e. The second-order valence-electron chi connectivity index (χ2n) is 6.92. The predicted octanol–water partition coefficient (Wildman–Crippen LogP) is 1.57. The Bertz CT molecular complexity index is 378. The van der Waals surface area contributed by atoms with Crippen LogP contribution in [0.2, 0.25) is 0 Å². The van der Waals surface area contributed by atoms with Crippen molar-refractivity contribution >= 4 is 11.6 Å². The normalized spacial score (nSPS) is 37.8. The average Bonchev–Trinajstić information content (AvgIpc) is 2.26. The third kappa shape index (κ3) is 3.06. The molecule has 4 atom stereocenters. The average molecular weight is 267 g/mol. The Labute approximate surface area is 115 Å². The molecule has 4 heteroatoms. The number of piperidine rings is 1. The maximum atomic E-state index is 12.3. The van der Waals surface area contributed by atoms with Crippen LogP contribution in [-0.2, 0) is 14.3 Å². The monoisotopic (exact) mass is 267 g/mol. The molecule has 0 aromatic rings. The first kappa shape index (κ1) is 14.7. The number of methoxy groups -OCH3 is 1. The molecule has 1 aliphatic carbocycles. The van der Waals surface area contributed by atoms with Gasteiger partial charge in [-0.3, -0.25) is 9.59 Å². The van der Waals surface area contributed by atoms with Crippen LogP contribution >= 0.6 is 0 Å². The molecule has 0 spiro atoms. The van der Waals surface area contributed by atoms with Gasteiger partial charge in [-0.25, -0.2) is 0 Å². The summed E-state index contributed by atoms with van der Waals surface area (Å²) in [6.07, 6.45) is 2.34. The molecule has 0 bridgehead atoms. The van der Waals surface area contributed by atoms with E-state index in [9.17, 15) is 9.59 Å². The van der Waals surface area contributed by atoms with Gasteiger partial charge in [0.2, 0.25) is 0 Å². The number of rotatable bonds is 3. The summed E-state index contributed by atoms with van der Waals surface area (Å²) in [5.74, 6) is 0.343. The Morgan fingerprint density at radius 3 is 2.79 bits per heavy atom. The summed E-state index contributed by atoms with van der Waals surface area (Å²) >= 11 is 0. The van der Waals surface area contributed by atoms with Crippen molar-refractivity contribution in [3.63, 3.8) is 0 Å². The third-order valence-corrected chi connectivity index (χ3v) is 4.61. The number of ether oxygens (including phenoxy) is 1. The standard InChI is InChI=1S/C15H25NO3/c1-9-10(14(18)8-19-4)5-11-12(16-9)6-15(2,3)7-13(11)17/h9-12,16H,5-8H2,1-4H3. The summed E-state index contributed by atoms with van der Waals surface area (Å²) in [4.78, 5) is 24.3. The number of hydrogen-bond donors (Lipinski definition) is 1. The van der Waals surface area contributed by atoms with Gasteiger partial charge in [0.25, 0.3) is 0 Å². The van der Waals surface area contributed by atoms with E-state index >= 15 is 0 Å². The van der Waals surface area contributed by atoms with Crippen LogP contribution in [0, 0.1) is 17.3 Å². The van der Waals surface area contributed by atoms with Crippen LogP contribution in [0.5, 0.6) is 0 Å². The maximum absolute atomic E-state index is 12.3. The molecular formula is C15H25NO3. The molecular weight excluding hydrogens is 242 g/mol. The van der Waals surface area contributed by atoms with Gasteiger partial charge in [-0.05, 0) is 25.2 Å². The van der Waals surface area contributed by atoms with Gasteiger partial charge < -0.3 is 10.1 Å². The highest BCUT2D eigenvalue weighted by Gasteiger charge is 2.46. The molecule has 0 aromatic heterocycles. The molecule has 2 fully saturated rings. The Morgan fingerprint density at radius 2 is 2.16 bits per heavy atom. The molecule has 108 valence electrons. The Hall–Kier alpha value is -0.740. The van der Waals surface area contributed by atoms with Crippen molar-refractivity contribution in [2.24, 2.45) is 17.3 Å². The summed E-state index contributed by atoms with van der Waals surface area (Å²) in [7, 11) is 1.54. The van der Waals surface area contributed by atoms with Crippen LogP contribution in [0.15, 0.2) is 0 Å². The number of hydrogen-bond acceptors (Lipinski definition) is 4. The lowest BCUT2D eigenvalue weighted by Crippen LogP contribution is -2.58. The first-order chi connectivity index (χ1) is 8.84. The van der Waals surface area contributed by atoms with Crippen molar-refractivity contribution in [3.8, 4) is 0 Å². The van der Waals surface area contributed by atoms with Crippen LogP contribution < -0.4 is 5.32 Å². The zero-order valence-corrected chi connectivity index (χ0v) is 12.4. The van der Waals surface area contributed by atoms with E-state index in [4.69, 9.17) is 4.74 Å². The fourth-order valence-electron chi connectivity index (χ4n) is 3.70. The first-order valence-corrected chi connectivity index (χ1v) is 7.14. The van der Waals surface area contributed by atoms with Gasteiger partial charge in [0.1, 0.15) is 12.4 Å². The van der Waals surface area contributed by atoms with Crippen molar-refractivity contribution in [3.05, 3.63) is 0 Å². The van der Waals surface area contributed by atoms with E-state index in [1.54, 1.807) is 0 Å². The Kier molecular flexibility index (Phi) is 4.11. The van der Waals surface area contributed by atoms with Gasteiger partial charge in [-0.15, -0.1) is 0 Å². The number of Topliss-reactive ketones (excluding diaryl/α,β-unsaturated/α-hetero) is 2. The molecule has 1 heterocycles. The zero-order valence-electron chi connectivity index (χ0n) is 12.4. The fourth-order valence-corrected chi connectivity index (χ4v) is 3.70. The number of nitrogens with one attached hydrogen (secondary N) is 1. The molecule has 2 rings (SSSR count). The minimum Gasteiger partial charge on any atom is -0.377 e. The van der Waals surface area contributed by atoms with Crippen molar-refractivity contribution in [2.45, 2.75) is 52.1 Å². The van der Waals surface area contributed by atoms with Gasteiger partial charge >= 0.3 is 0 Å². The zero-order chi connectivity index (χ0) is 14.2. The lowest BCUT2D eigenvalue weighted by atomic mass is 9.64. The van der Waals surface area contributed by atoms with E-state index in [0.29, 0.717) is 18.6 Å². The molecule has 19 heavy (non-hydrogen) atoms. The molecule has 0 amide bonds. The molecule has 2 aliphatic rings. The van der Waals surface area contributed by atoms with Crippen molar-refractivity contribution in [2.75, 3.05) is 13.7 Å². The van der Waals surface area contributed by atoms with Crippen molar-refractivity contribution in [1.82, 2.24) is 5.32 Å². The fraction of sp³-hybridized carbons (Fsp3) is 0.867. The molecule has 1 N–H and O–H groups in total. The van der Waals surface area contributed by atoms with Crippen molar-refractivity contribution < 1.29 is 14.3 Å². The second kappa shape index (κ2) is 5.33. The summed E-state index contributed by atoms with van der Waals surface area (Å²) in [6.45, 7) is 6.49. The summed E-state index contributed by atoms with van der Waals surface area (Å²) < 4.78 is 4.94. The van der Waals surface area contributed by atoms with Gasteiger partial charge in [-0.1, -0.05) is 13.8 Å². The van der Waals surface area contributed by atoms with E-state index in [1.165, 1.54) is 7.11 Å². The third-order valence-electron chi connectivity index (χ3n) is 4.61. The Balaban J connectivity index is 2.10. The molecule has 1 aliphatic heterocycles. The van der Waals surface area contributed by atoms with Crippen LogP contribution in [0.25, 0.3) is 0 Å². The van der Waals surface area contributed by atoms with Crippen LogP contribution in [0.1, 0.15) is 40.0 Å². The van der Waals surface area contributed by atoms with E-state index < -0.39 is 0 Å². The predicted molar refractivity (Wildman–Crippen MR) is 72.9 cm³/mol. The SMILES string of the molecule is COCC(=O)C1CC2C(=O)CC(C)(C)CC2NC1C. The number of fused-ring (bicyclic) bond motifs is 1. The largest absolute Gasteiger partial charge is 0.377 e. The van der Waals surface area contributed by atoms with E-state index in [1.807, 2.05) is 6.92 Å². The molecule has 1 saturated heterocycles. The maximum Gasteiger partial charge on any atom is 0.163 e. The van der Waals surface area contributed by atoms with E-state index in [0.717, 1.165) is 6.42 Å². The topological polar surface area (TPSA) is 55.4 Å². The van der Waals surface area contributed by atoms with E-state index in [-0.39, 0.29) is 41.7 Å².